The molecule has 1 fully saturated rings. The highest BCUT2D eigenvalue weighted by atomic mass is 16.2. The Morgan fingerprint density at radius 3 is 2.68 bits per heavy atom. The number of anilines is 1. The van der Waals surface area contributed by atoms with Crippen LogP contribution >= 0.6 is 0 Å². The van der Waals surface area contributed by atoms with E-state index in [9.17, 15) is 4.79 Å². The van der Waals surface area contributed by atoms with Crippen molar-refractivity contribution in [1.82, 2.24) is 20.1 Å². The van der Waals surface area contributed by atoms with Crippen LogP contribution in [0.3, 0.4) is 0 Å². The molecular formula is C18H24N6O. The molecule has 1 saturated heterocycles. The lowest BCUT2D eigenvalue weighted by Crippen LogP contribution is -2.47. The van der Waals surface area contributed by atoms with E-state index in [0.29, 0.717) is 6.42 Å². The minimum atomic E-state index is -0.0642. The van der Waals surface area contributed by atoms with Crippen molar-refractivity contribution in [3.63, 3.8) is 0 Å². The van der Waals surface area contributed by atoms with Crippen molar-refractivity contribution < 1.29 is 4.79 Å². The van der Waals surface area contributed by atoms with E-state index in [0.717, 1.165) is 38.3 Å². The van der Waals surface area contributed by atoms with E-state index in [-0.39, 0.29) is 5.91 Å². The number of hydrogen-bond acceptors (Lipinski definition) is 5. The third kappa shape index (κ3) is 5.15. The van der Waals surface area contributed by atoms with Crippen LogP contribution in [0.2, 0.25) is 0 Å². The maximum Gasteiger partial charge on any atom is 0.241 e. The molecule has 2 heterocycles. The molecule has 132 valence electrons. The number of piperazine rings is 1. The molecule has 1 aliphatic heterocycles. The van der Waals surface area contributed by atoms with Crippen LogP contribution in [0.5, 0.6) is 0 Å². The van der Waals surface area contributed by atoms with Gasteiger partial charge >= 0.3 is 0 Å². The number of carbonyl (C=O) groups is 1. The van der Waals surface area contributed by atoms with Gasteiger partial charge in [0.15, 0.2) is 0 Å². The number of benzene rings is 1. The van der Waals surface area contributed by atoms with E-state index in [4.69, 9.17) is 0 Å². The first-order valence-corrected chi connectivity index (χ1v) is 8.53. The SMILES string of the molecule is Cn1cc(/C=N/NC(=O)CCN2CCN(c3ccccc3)CC2)cn1. The Hall–Kier alpha value is -2.67. The van der Waals surface area contributed by atoms with Gasteiger partial charge in [-0.2, -0.15) is 10.2 Å². The number of rotatable bonds is 6. The monoisotopic (exact) mass is 340 g/mol. The lowest BCUT2D eigenvalue weighted by Gasteiger charge is -2.36. The standard InChI is InChI=1S/C18H24N6O/c1-22-15-16(14-20-22)13-19-21-18(25)7-8-23-9-11-24(12-10-23)17-5-3-2-4-6-17/h2-6,13-15H,7-12H2,1H3,(H,21,25)/b19-13+. The second-order valence-electron chi connectivity index (χ2n) is 6.15. The average molecular weight is 340 g/mol. The largest absolute Gasteiger partial charge is 0.369 e. The molecule has 25 heavy (non-hydrogen) atoms. The zero-order chi connectivity index (χ0) is 17.5. The number of hydrazone groups is 1. The zero-order valence-electron chi connectivity index (χ0n) is 14.5. The molecule has 0 radical (unpaired) electrons. The number of nitrogens with zero attached hydrogens (tertiary/aromatic N) is 5. The summed E-state index contributed by atoms with van der Waals surface area (Å²) in [5, 5.41) is 8.01. The fourth-order valence-corrected chi connectivity index (χ4v) is 2.87. The van der Waals surface area contributed by atoms with Crippen LogP contribution < -0.4 is 10.3 Å². The highest BCUT2D eigenvalue weighted by molar-refractivity contribution is 5.81. The molecule has 1 N–H and O–H groups in total. The predicted molar refractivity (Wildman–Crippen MR) is 98.7 cm³/mol. The van der Waals surface area contributed by atoms with Gasteiger partial charge in [0.25, 0.3) is 0 Å². The first-order chi connectivity index (χ1) is 12.2. The fraction of sp³-hybridized carbons (Fsp3) is 0.389. The molecular weight excluding hydrogens is 316 g/mol. The summed E-state index contributed by atoms with van der Waals surface area (Å²) in [6.45, 7) is 4.69. The lowest BCUT2D eigenvalue weighted by atomic mass is 10.2. The quantitative estimate of drug-likeness (QED) is 0.631. The molecule has 0 bridgehead atoms. The number of para-hydroxylation sites is 1. The smallest absolute Gasteiger partial charge is 0.241 e. The maximum atomic E-state index is 11.9. The molecule has 1 aromatic carbocycles. The van der Waals surface area contributed by atoms with Gasteiger partial charge in [0.2, 0.25) is 5.91 Å². The molecule has 1 aliphatic rings. The Morgan fingerprint density at radius 1 is 1.24 bits per heavy atom. The maximum absolute atomic E-state index is 11.9. The highest BCUT2D eigenvalue weighted by Crippen LogP contribution is 2.15. The van der Waals surface area contributed by atoms with Gasteiger partial charge in [-0.15, -0.1) is 0 Å². The highest BCUT2D eigenvalue weighted by Gasteiger charge is 2.17. The summed E-state index contributed by atoms with van der Waals surface area (Å²) in [6, 6.07) is 10.5. The zero-order valence-corrected chi connectivity index (χ0v) is 14.5. The summed E-state index contributed by atoms with van der Waals surface area (Å²) in [5.41, 5.74) is 4.70. The molecule has 0 atom stereocenters. The van der Waals surface area contributed by atoms with Crippen LogP contribution in [0.1, 0.15) is 12.0 Å². The van der Waals surface area contributed by atoms with Crippen molar-refractivity contribution in [3.05, 3.63) is 48.3 Å². The van der Waals surface area contributed by atoms with Gasteiger partial charge in [-0.25, -0.2) is 5.43 Å². The van der Waals surface area contributed by atoms with Gasteiger partial charge in [-0.3, -0.25) is 14.4 Å². The van der Waals surface area contributed by atoms with E-state index >= 15 is 0 Å². The van der Waals surface area contributed by atoms with Gasteiger partial charge in [0.1, 0.15) is 0 Å². The van der Waals surface area contributed by atoms with Gasteiger partial charge < -0.3 is 4.90 Å². The van der Waals surface area contributed by atoms with Crippen LogP contribution in [-0.4, -0.2) is 59.5 Å². The Morgan fingerprint density at radius 2 is 2.00 bits per heavy atom. The van der Waals surface area contributed by atoms with Crippen molar-refractivity contribution in [3.8, 4) is 0 Å². The summed E-state index contributed by atoms with van der Waals surface area (Å²) in [6.07, 6.45) is 5.59. The number of hydrogen-bond donors (Lipinski definition) is 1. The van der Waals surface area contributed by atoms with E-state index in [1.54, 1.807) is 17.1 Å². The number of amides is 1. The first kappa shape index (κ1) is 17.2. The fourth-order valence-electron chi connectivity index (χ4n) is 2.87. The van der Waals surface area contributed by atoms with Crippen molar-refractivity contribution in [1.29, 1.82) is 0 Å². The molecule has 0 unspecified atom stereocenters. The van der Waals surface area contributed by atoms with Crippen molar-refractivity contribution >= 4 is 17.8 Å². The summed E-state index contributed by atoms with van der Waals surface area (Å²) < 4.78 is 1.69. The molecule has 7 nitrogen and oxygen atoms in total. The van der Waals surface area contributed by atoms with Crippen molar-refractivity contribution in [2.75, 3.05) is 37.6 Å². The van der Waals surface area contributed by atoms with Crippen LogP contribution in [0.15, 0.2) is 47.8 Å². The number of nitrogens with one attached hydrogen (secondary N) is 1. The summed E-state index contributed by atoms with van der Waals surface area (Å²) >= 11 is 0. The number of aryl methyl sites for hydroxylation is 1. The third-order valence-corrected chi connectivity index (χ3v) is 4.28. The average Bonchev–Trinajstić information content (AvgIpc) is 3.06. The van der Waals surface area contributed by atoms with Gasteiger partial charge in [0.05, 0.1) is 12.4 Å². The van der Waals surface area contributed by atoms with Crippen molar-refractivity contribution in [2.45, 2.75) is 6.42 Å². The van der Waals surface area contributed by atoms with Gasteiger partial charge in [0, 0.05) is 63.6 Å². The molecule has 7 heteroatoms. The summed E-state index contributed by atoms with van der Waals surface area (Å²) in [4.78, 5) is 16.6. The third-order valence-electron chi connectivity index (χ3n) is 4.28. The van der Waals surface area contributed by atoms with E-state index in [1.165, 1.54) is 5.69 Å². The van der Waals surface area contributed by atoms with E-state index in [2.05, 4.69) is 49.7 Å². The van der Waals surface area contributed by atoms with Gasteiger partial charge in [-0.05, 0) is 12.1 Å². The van der Waals surface area contributed by atoms with E-state index < -0.39 is 0 Å². The first-order valence-electron chi connectivity index (χ1n) is 8.53. The van der Waals surface area contributed by atoms with Gasteiger partial charge in [-0.1, -0.05) is 18.2 Å². The Labute approximate surface area is 147 Å². The van der Waals surface area contributed by atoms with Crippen LogP contribution in [-0.2, 0) is 11.8 Å². The van der Waals surface area contributed by atoms with Crippen LogP contribution in [0.4, 0.5) is 5.69 Å². The van der Waals surface area contributed by atoms with Crippen LogP contribution in [0, 0.1) is 0 Å². The lowest BCUT2D eigenvalue weighted by molar-refractivity contribution is -0.121. The second kappa shape index (κ2) is 8.43. The molecule has 1 aromatic heterocycles. The Kier molecular flexibility index (Phi) is 5.79. The molecule has 1 amide bonds. The summed E-state index contributed by atoms with van der Waals surface area (Å²) in [7, 11) is 1.84. The Balaban J connectivity index is 1.35. The molecule has 0 aliphatic carbocycles. The Bertz CT molecular complexity index is 703. The van der Waals surface area contributed by atoms with E-state index in [1.807, 2.05) is 19.3 Å². The minimum Gasteiger partial charge on any atom is -0.369 e. The number of aromatic nitrogens is 2. The molecule has 2 aromatic rings. The molecule has 3 rings (SSSR count). The molecule has 0 spiro atoms. The summed E-state index contributed by atoms with van der Waals surface area (Å²) in [5.74, 6) is -0.0642. The molecule has 0 saturated carbocycles. The topological polar surface area (TPSA) is 65.8 Å². The minimum absolute atomic E-state index is 0.0642. The van der Waals surface area contributed by atoms with Crippen LogP contribution in [0.25, 0.3) is 0 Å². The second-order valence-corrected chi connectivity index (χ2v) is 6.15. The predicted octanol–water partition coefficient (Wildman–Crippen LogP) is 1.08. The van der Waals surface area contributed by atoms with Crippen molar-refractivity contribution in [2.24, 2.45) is 12.1 Å². The number of carbonyl (C=O) groups excluding carboxylic acids is 1. The normalized spacial score (nSPS) is 15.6.